The lowest BCUT2D eigenvalue weighted by atomic mass is 10.00. The van der Waals surface area contributed by atoms with Crippen molar-refractivity contribution < 1.29 is 23.1 Å². The van der Waals surface area contributed by atoms with Crippen molar-refractivity contribution in [3.63, 3.8) is 0 Å². The summed E-state index contributed by atoms with van der Waals surface area (Å²) in [5, 5.41) is 11.1. The van der Waals surface area contributed by atoms with Gasteiger partial charge in [-0.05, 0) is 20.3 Å². The first-order valence-corrected chi connectivity index (χ1v) is 7.46. The molecule has 0 aromatic rings. The lowest BCUT2D eigenvalue weighted by Crippen LogP contribution is -2.51. The van der Waals surface area contributed by atoms with E-state index < -0.39 is 33.3 Å². The third-order valence-corrected chi connectivity index (χ3v) is 3.17. The molecule has 0 rings (SSSR count). The summed E-state index contributed by atoms with van der Waals surface area (Å²) in [5.41, 5.74) is 4.61. The molecule has 7 nitrogen and oxygen atoms in total. The normalized spacial score (nSPS) is 14.0. The molecule has 0 saturated carbocycles. The molecule has 0 aliphatic carbocycles. The predicted octanol–water partition coefficient (Wildman–Crippen LogP) is -0.882. The van der Waals surface area contributed by atoms with E-state index in [-0.39, 0.29) is 18.6 Å². The average molecular weight is 280 g/mol. The molecule has 106 valence electrons. The molecule has 0 radical (unpaired) electrons. The summed E-state index contributed by atoms with van der Waals surface area (Å²) in [6.07, 6.45) is 0.831. The zero-order chi connectivity index (χ0) is 14.6. The number of carboxylic acids is 1. The average Bonchev–Trinajstić information content (AvgIpc) is 2.09. The van der Waals surface area contributed by atoms with Crippen LogP contribution in [-0.4, -0.2) is 49.0 Å². The molecule has 8 heteroatoms. The number of carboxylic acid groups (broad SMARTS) is 1. The molecule has 1 unspecified atom stereocenters. The second-order valence-electron chi connectivity index (χ2n) is 4.97. The molecule has 0 aromatic heterocycles. The van der Waals surface area contributed by atoms with Gasteiger partial charge in [-0.2, -0.15) is 0 Å². The molecule has 0 aliphatic heterocycles. The summed E-state index contributed by atoms with van der Waals surface area (Å²) in [7, 11) is -3.17. The van der Waals surface area contributed by atoms with Crippen molar-refractivity contribution >= 4 is 21.7 Å². The molecule has 0 fully saturated rings. The molecule has 0 aromatic carbocycles. The molecule has 0 saturated heterocycles. The number of hydrogen-bond donors (Lipinski definition) is 3. The van der Waals surface area contributed by atoms with Crippen molar-refractivity contribution in [3.05, 3.63) is 0 Å². The smallest absolute Gasteiger partial charge is 0.305 e. The number of nitrogens with two attached hydrogens (primary N) is 1. The Balaban J connectivity index is 4.35. The number of sulfone groups is 1. The zero-order valence-corrected chi connectivity index (χ0v) is 11.6. The third kappa shape index (κ3) is 8.02. The van der Waals surface area contributed by atoms with Gasteiger partial charge in [0.15, 0.2) is 0 Å². The van der Waals surface area contributed by atoms with Gasteiger partial charge in [0.25, 0.3) is 0 Å². The van der Waals surface area contributed by atoms with Crippen LogP contribution in [0.4, 0.5) is 0 Å². The Labute approximate surface area is 107 Å². The fourth-order valence-electron chi connectivity index (χ4n) is 1.32. The highest BCUT2D eigenvalue weighted by Gasteiger charge is 2.26. The minimum absolute atomic E-state index is 0.00776. The second-order valence-corrected chi connectivity index (χ2v) is 7.23. The minimum atomic E-state index is -3.17. The fourth-order valence-corrected chi connectivity index (χ4v) is 2.00. The van der Waals surface area contributed by atoms with Crippen LogP contribution in [0.25, 0.3) is 0 Å². The molecule has 4 N–H and O–H groups in total. The van der Waals surface area contributed by atoms with Gasteiger partial charge in [-0.1, -0.05) is 0 Å². The Hall–Kier alpha value is -1.15. The Bertz CT molecular complexity index is 416. The molecule has 1 atom stereocenters. The first-order valence-electron chi connectivity index (χ1n) is 5.40. The number of hydrogen-bond acceptors (Lipinski definition) is 5. The monoisotopic (exact) mass is 280 g/mol. The highest BCUT2D eigenvalue weighted by atomic mass is 32.2. The Kier molecular flexibility index (Phi) is 5.75. The van der Waals surface area contributed by atoms with Crippen LogP contribution in [0.15, 0.2) is 0 Å². The first-order chi connectivity index (χ1) is 7.93. The Morgan fingerprint density at radius 2 is 1.89 bits per heavy atom. The van der Waals surface area contributed by atoms with Crippen LogP contribution in [0.2, 0.25) is 0 Å². The van der Waals surface area contributed by atoms with Crippen LogP contribution < -0.4 is 11.1 Å². The topological polar surface area (TPSA) is 127 Å². The van der Waals surface area contributed by atoms with Gasteiger partial charge in [0, 0.05) is 11.8 Å². The molecule has 1 amide bonds. The molecular formula is C10H20N2O5S. The summed E-state index contributed by atoms with van der Waals surface area (Å²) in [6.45, 7) is 3.12. The van der Waals surface area contributed by atoms with E-state index in [0.29, 0.717) is 0 Å². The minimum Gasteiger partial charge on any atom is -0.481 e. The van der Waals surface area contributed by atoms with Crippen molar-refractivity contribution in [1.29, 1.82) is 0 Å². The van der Waals surface area contributed by atoms with Gasteiger partial charge in [-0.15, -0.1) is 0 Å². The Morgan fingerprint density at radius 3 is 2.28 bits per heavy atom. The summed E-state index contributed by atoms with van der Waals surface area (Å²) >= 11 is 0. The van der Waals surface area contributed by atoms with E-state index in [9.17, 15) is 18.0 Å². The van der Waals surface area contributed by atoms with E-state index in [2.05, 4.69) is 5.32 Å². The molecule has 0 heterocycles. The van der Waals surface area contributed by atoms with E-state index >= 15 is 0 Å². The van der Waals surface area contributed by atoms with Crippen LogP contribution in [-0.2, 0) is 19.4 Å². The third-order valence-electron chi connectivity index (χ3n) is 2.19. The number of carbonyl (C=O) groups excluding carboxylic acids is 1. The van der Waals surface area contributed by atoms with Crippen LogP contribution in [0.3, 0.4) is 0 Å². The summed E-state index contributed by atoms with van der Waals surface area (Å²) in [5.74, 6) is -1.77. The number of carbonyl (C=O) groups is 2. The second kappa shape index (κ2) is 6.14. The van der Waals surface area contributed by atoms with Gasteiger partial charge >= 0.3 is 5.97 Å². The number of nitrogens with one attached hydrogen (secondary N) is 1. The zero-order valence-electron chi connectivity index (χ0n) is 10.8. The van der Waals surface area contributed by atoms with Gasteiger partial charge in [0.2, 0.25) is 5.91 Å². The highest BCUT2D eigenvalue weighted by molar-refractivity contribution is 7.90. The van der Waals surface area contributed by atoms with E-state index in [0.717, 1.165) is 6.26 Å². The number of rotatable bonds is 7. The van der Waals surface area contributed by atoms with Crippen molar-refractivity contribution in [2.24, 2.45) is 5.73 Å². The highest BCUT2D eigenvalue weighted by Crippen LogP contribution is 2.08. The maximum absolute atomic E-state index is 11.6. The van der Waals surface area contributed by atoms with Gasteiger partial charge in [0.1, 0.15) is 9.84 Å². The van der Waals surface area contributed by atoms with Crippen molar-refractivity contribution in [3.8, 4) is 0 Å². The lowest BCUT2D eigenvalue weighted by Gasteiger charge is -2.26. The van der Waals surface area contributed by atoms with Crippen LogP contribution in [0.1, 0.15) is 26.7 Å². The maximum Gasteiger partial charge on any atom is 0.305 e. The van der Waals surface area contributed by atoms with Crippen molar-refractivity contribution in [2.45, 2.75) is 38.3 Å². The lowest BCUT2D eigenvalue weighted by molar-refractivity contribution is -0.138. The molecule has 18 heavy (non-hydrogen) atoms. The predicted molar refractivity (Wildman–Crippen MR) is 66.8 cm³/mol. The van der Waals surface area contributed by atoms with Crippen LogP contribution in [0, 0.1) is 0 Å². The standard InChI is InChI=1S/C10H20N2O5S/c1-10(2,6-8(13)14)12-9(15)7(11)4-5-18(3,16)17/h7H,4-6,11H2,1-3H3,(H,12,15)(H,13,14). The van der Waals surface area contributed by atoms with Gasteiger partial charge < -0.3 is 16.2 Å². The number of aliphatic carboxylic acids is 1. The molecule has 0 bridgehead atoms. The molecular weight excluding hydrogens is 260 g/mol. The van der Waals surface area contributed by atoms with Crippen LogP contribution in [0.5, 0.6) is 0 Å². The van der Waals surface area contributed by atoms with E-state index in [1.54, 1.807) is 13.8 Å². The Morgan fingerprint density at radius 1 is 1.39 bits per heavy atom. The van der Waals surface area contributed by atoms with Crippen LogP contribution >= 0.6 is 0 Å². The van der Waals surface area contributed by atoms with E-state index in [1.807, 2.05) is 0 Å². The summed E-state index contributed by atoms with van der Waals surface area (Å²) in [6, 6.07) is -0.965. The van der Waals surface area contributed by atoms with Gasteiger partial charge in [-0.3, -0.25) is 9.59 Å². The molecule has 0 spiro atoms. The summed E-state index contributed by atoms with van der Waals surface area (Å²) in [4.78, 5) is 22.2. The van der Waals surface area contributed by atoms with Crippen molar-refractivity contribution in [1.82, 2.24) is 5.32 Å². The SMILES string of the molecule is CC(C)(CC(=O)O)NC(=O)C(N)CCS(C)(=O)=O. The van der Waals surface area contributed by atoms with Gasteiger partial charge in [0.05, 0.1) is 18.2 Å². The number of amides is 1. The molecule has 0 aliphatic rings. The van der Waals surface area contributed by atoms with E-state index in [4.69, 9.17) is 10.8 Å². The largest absolute Gasteiger partial charge is 0.481 e. The first kappa shape index (κ1) is 16.9. The van der Waals surface area contributed by atoms with Crippen molar-refractivity contribution in [2.75, 3.05) is 12.0 Å². The van der Waals surface area contributed by atoms with Gasteiger partial charge in [-0.25, -0.2) is 8.42 Å². The summed E-state index contributed by atoms with van der Waals surface area (Å²) < 4.78 is 21.8. The quantitative estimate of drug-likeness (QED) is 0.555. The van der Waals surface area contributed by atoms with E-state index in [1.165, 1.54) is 0 Å². The maximum atomic E-state index is 11.6. The fraction of sp³-hybridized carbons (Fsp3) is 0.800.